The first kappa shape index (κ1) is 16.0. The lowest BCUT2D eigenvalue weighted by atomic mass is 9.61. The van der Waals surface area contributed by atoms with Crippen molar-refractivity contribution in [1.82, 2.24) is 15.2 Å². The molecule has 1 saturated carbocycles. The number of nitrogens with zero attached hydrogens (tertiary/aromatic N) is 2. The Kier molecular flexibility index (Phi) is 4.01. The van der Waals surface area contributed by atoms with Gasteiger partial charge < -0.3 is 0 Å². The van der Waals surface area contributed by atoms with Crippen molar-refractivity contribution in [2.45, 2.75) is 43.9 Å². The van der Waals surface area contributed by atoms with Crippen LogP contribution in [0.2, 0.25) is 0 Å². The summed E-state index contributed by atoms with van der Waals surface area (Å²) in [6.45, 7) is 0. The molecule has 1 atom stereocenters. The minimum absolute atomic E-state index is 0.0839. The summed E-state index contributed by atoms with van der Waals surface area (Å²) >= 11 is 1.62. The largest absolute Gasteiger partial charge is 0.281 e. The number of nitrogens with one attached hydrogen (secondary N) is 1. The number of H-pyrrole nitrogens is 1. The van der Waals surface area contributed by atoms with Crippen LogP contribution in [0.4, 0.5) is 0 Å². The minimum Gasteiger partial charge on any atom is -0.281 e. The minimum atomic E-state index is 0.0839. The number of thiazole rings is 1. The van der Waals surface area contributed by atoms with Crippen LogP contribution in [0.25, 0.3) is 17.5 Å². The van der Waals surface area contributed by atoms with E-state index in [0.29, 0.717) is 5.92 Å². The van der Waals surface area contributed by atoms with E-state index in [1.807, 2.05) is 5.51 Å². The molecule has 4 heteroatoms. The second-order valence-corrected chi connectivity index (χ2v) is 8.31. The molecule has 0 radical (unpaired) electrons. The molecule has 5 rings (SSSR count). The van der Waals surface area contributed by atoms with Gasteiger partial charge in [-0.3, -0.25) is 5.10 Å². The van der Waals surface area contributed by atoms with Gasteiger partial charge in [0.2, 0.25) is 0 Å². The molecule has 1 N–H and O–H groups in total. The van der Waals surface area contributed by atoms with E-state index in [1.54, 1.807) is 11.3 Å². The lowest BCUT2D eigenvalue weighted by molar-refractivity contribution is 0.241. The fourth-order valence-corrected chi connectivity index (χ4v) is 5.43. The predicted molar refractivity (Wildman–Crippen MR) is 107 cm³/mol. The maximum atomic E-state index is 4.61. The molecule has 3 nitrogen and oxygen atoms in total. The molecule has 3 aromatic rings. The molecule has 1 aromatic carbocycles. The summed E-state index contributed by atoms with van der Waals surface area (Å²) in [4.78, 5) is 4.45. The third-order valence-corrected chi connectivity index (χ3v) is 6.81. The monoisotopic (exact) mass is 361 g/mol. The zero-order chi connectivity index (χ0) is 17.4. The number of hydrogen-bond acceptors (Lipinski definition) is 3. The molecule has 0 bridgehead atoms. The molecule has 0 amide bonds. The Labute approximate surface area is 158 Å². The Morgan fingerprint density at radius 3 is 2.69 bits per heavy atom. The fraction of sp³-hybridized carbons (Fsp3) is 0.364. The van der Waals surface area contributed by atoms with Gasteiger partial charge in [-0.1, -0.05) is 61.7 Å². The van der Waals surface area contributed by atoms with Gasteiger partial charge in [-0.25, -0.2) is 4.98 Å². The third-order valence-electron chi connectivity index (χ3n) is 6.22. The van der Waals surface area contributed by atoms with Crippen LogP contribution in [0.1, 0.15) is 48.9 Å². The number of fused-ring (bicyclic) bond motifs is 1. The van der Waals surface area contributed by atoms with Crippen molar-refractivity contribution in [3.8, 4) is 11.4 Å². The highest BCUT2D eigenvalue weighted by atomic mass is 32.1. The molecule has 2 aliphatic rings. The second-order valence-electron chi connectivity index (χ2n) is 7.59. The highest BCUT2D eigenvalue weighted by Gasteiger charge is 2.41. The van der Waals surface area contributed by atoms with E-state index in [4.69, 9.17) is 0 Å². The molecule has 2 aliphatic carbocycles. The normalized spacial score (nSPS) is 23.1. The van der Waals surface area contributed by atoms with Crippen molar-refractivity contribution in [2.75, 3.05) is 0 Å². The van der Waals surface area contributed by atoms with E-state index in [9.17, 15) is 0 Å². The van der Waals surface area contributed by atoms with Gasteiger partial charge in [0.1, 0.15) is 11.4 Å². The van der Waals surface area contributed by atoms with Crippen molar-refractivity contribution in [3.63, 3.8) is 0 Å². The van der Waals surface area contributed by atoms with Gasteiger partial charge in [0.25, 0.3) is 0 Å². The van der Waals surface area contributed by atoms with Gasteiger partial charge in [0.05, 0.1) is 5.51 Å². The lowest BCUT2D eigenvalue weighted by Crippen LogP contribution is -2.38. The molecule has 2 aromatic heterocycles. The molecule has 0 saturated heterocycles. The van der Waals surface area contributed by atoms with Gasteiger partial charge >= 0.3 is 0 Å². The Morgan fingerprint density at radius 2 is 1.92 bits per heavy atom. The van der Waals surface area contributed by atoms with Crippen LogP contribution in [-0.4, -0.2) is 15.2 Å². The quantitative estimate of drug-likeness (QED) is 0.658. The van der Waals surface area contributed by atoms with Gasteiger partial charge in [0, 0.05) is 28.5 Å². The zero-order valence-corrected chi connectivity index (χ0v) is 15.6. The number of aromatic nitrogens is 3. The van der Waals surface area contributed by atoms with E-state index in [1.165, 1.54) is 48.9 Å². The van der Waals surface area contributed by atoms with E-state index in [2.05, 4.69) is 63.0 Å². The Hall–Kier alpha value is -2.20. The van der Waals surface area contributed by atoms with Gasteiger partial charge in [-0.05, 0) is 24.3 Å². The summed E-state index contributed by atoms with van der Waals surface area (Å²) < 4.78 is 0. The van der Waals surface area contributed by atoms with E-state index in [0.717, 1.165) is 17.8 Å². The zero-order valence-electron chi connectivity index (χ0n) is 14.8. The molecular formula is C22H23N3S. The van der Waals surface area contributed by atoms with Gasteiger partial charge in [-0.15, -0.1) is 11.3 Å². The SMILES string of the molecule is C1=CC(c2ccccc2)(C2CCCCC2)Cc2[nH]nc(-c3cscn3)c21. The fourth-order valence-electron chi connectivity index (χ4n) is 4.89. The maximum absolute atomic E-state index is 4.61. The Morgan fingerprint density at radius 1 is 1.08 bits per heavy atom. The first-order valence-corrected chi connectivity index (χ1v) is 10.5. The summed E-state index contributed by atoms with van der Waals surface area (Å²) in [5.41, 5.74) is 7.84. The number of allylic oxidation sites excluding steroid dienone is 1. The number of aromatic amines is 1. The summed E-state index contributed by atoms with van der Waals surface area (Å²) in [7, 11) is 0. The van der Waals surface area contributed by atoms with Crippen molar-refractivity contribution in [3.05, 3.63) is 64.1 Å². The highest BCUT2D eigenvalue weighted by Crippen LogP contribution is 2.47. The van der Waals surface area contributed by atoms with E-state index < -0.39 is 0 Å². The average molecular weight is 362 g/mol. The molecule has 1 unspecified atom stereocenters. The van der Waals surface area contributed by atoms with Crippen LogP contribution in [-0.2, 0) is 11.8 Å². The topological polar surface area (TPSA) is 41.6 Å². The van der Waals surface area contributed by atoms with Crippen LogP contribution < -0.4 is 0 Å². The maximum Gasteiger partial charge on any atom is 0.119 e. The standard InChI is InChI=1S/C22H23N3S/c1-3-7-16(8-4-1)22(17-9-5-2-6-10-17)12-11-18-19(13-22)24-25-21(18)20-14-26-15-23-20/h1,3-4,7-8,11-12,14-15,17H,2,5-6,9-10,13H2,(H,24,25). The third kappa shape index (κ3) is 2.55. The van der Waals surface area contributed by atoms with E-state index >= 15 is 0 Å². The molecule has 2 heterocycles. The molecule has 1 fully saturated rings. The lowest BCUT2D eigenvalue weighted by Gasteiger charge is -2.43. The van der Waals surface area contributed by atoms with Crippen molar-refractivity contribution >= 4 is 17.4 Å². The molecule has 26 heavy (non-hydrogen) atoms. The first-order valence-electron chi connectivity index (χ1n) is 9.57. The second kappa shape index (κ2) is 6.51. The summed E-state index contributed by atoms with van der Waals surface area (Å²) in [5.74, 6) is 0.703. The summed E-state index contributed by atoms with van der Waals surface area (Å²) in [5, 5.41) is 10.0. The smallest absolute Gasteiger partial charge is 0.119 e. The number of benzene rings is 1. The van der Waals surface area contributed by atoms with Crippen LogP contribution in [0, 0.1) is 5.92 Å². The molecule has 0 aliphatic heterocycles. The highest BCUT2D eigenvalue weighted by molar-refractivity contribution is 7.07. The summed E-state index contributed by atoms with van der Waals surface area (Å²) in [6, 6.07) is 11.1. The van der Waals surface area contributed by atoms with Crippen LogP contribution in [0.5, 0.6) is 0 Å². The van der Waals surface area contributed by atoms with Crippen molar-refractivity contribution in [2.24, 2.45) is 5.92 Å². The first-order chi connectivity index (χ1) is 12.9. The Bertz CT molecular complexity index is 904. The molecule has 132 valence electrons. The van der Waals surface area contributed by atoms with Crippen molar-refractivity contribution < 1.29 is 0 Å². The average Bonchev–Trinajstić information content (AvgIpc) is 3.38. The van der Waals surface area contributed by atoms with Crippen LogP contribution in [0.3, 0.4) is 0 Å². The van der Waals surface area contributed by atoms with Crippen LogP contribution in [0.15, 0.2) is 47.3 Å². The number of hydrogen-bond donors (Lipinski definition) is 1. The summed E-state index contributed by atoms with van der Waals surface area (Å²) in [6.07, 6.45) is 12.5. The number of rotatable bonds is 3. The predicted octanol–water partition coefficient (Wildman–Crippen LogP) is 5.62. The Balaban J connectivity index is 1.59. The van der Waals surface area contributed by atoms with Crippen LogP contribution >= 0.6 is 11.3 Å². The van der Waals surface area contributed by atoms with Gasteiger partial charge in [0.15, 0.2) is 0 Å². The van der Waals surface area contributed by atoms with Gasteiger partial charge in [-0.2, -0.15) is 5.10 Å². The molecule has 0 spiro atoms. The van der Waals surface area contributed by atoms with Crippen molar-refractivity contribution in [1.29, 1.82) is 0 Å². The van der Waals surface area contributed by atoms with E-state index in [-0.39, 0.29) is 5.41 Å². The molecular weight excluding hydrogens is 338 g/mol.